The predicted octanol–water partition coefficient (Wildman–Crippen LogP) is 1.45. The molecule has 0 spiro atoms. The standard InChI is InChI=1S/C7H5Cl2N3O2S/c8-6-3-12-2-5(4-15(9,13)14)11-7(12)1-10-6/h1-3H,4H2. The Morgan fingerprint density at radius 3 is 2.80 bits per heavy atom. The number of imidazole rings is 1. The number of hydrogen-bond donors (Lipinski definition) is 0. The molecule has 0 radical (unpaired) electrons. The first-order valence-electron chi connectivity index (χ1n) is 3.85. The summed E-state index contributed by atoms with van der Waals surface area (Å²) in [6, 6.07) is 0. The first kappa shape index (κ1) is 10.7. The number of nitrogens with zero attached hydrogens (tertiary/aromatic N) is 3. The van der Waals surface area contributed by atoms with Gasteiger partial charge in [0, 0.05) is 23.1 Å². The van der Waals surface area contributed by atoms with E-state index in [0.29, 0.717) is 16.5 Å². The van der Waals surface area contributed by atoms with Crippen LogP contribution in [0.2, 0.25) is 5.15 Å². The van der Waals surface area contributed by atoms with Gasteiger partial charge in [-0.3, -0.25) is 0 Å². The molecular formula is C7H5Cl2N3O2S. The van der Waals surface area contributed by atoms with Gasteiger partial charge >= 0.3 is 0 Å². The van der Waals surface area contributed by atoms with Crippen molar-refractivity contribution in [2.45, 2.75) is 5.75 Å². The molecule has 0 saturated carbocycles. The average molecular weight is 266 g/mol. The quantitative estimate of drug-likeness (QED) is 0.772. The van der Waals surface area contributed by atoms with Gasteiger partial charge < -0.3 is 4.40 Å². The Labute approximate surface area is 95.1 Å². The van der Waals surface area contributed by atoms with E-state index < -0.39 is 9.05 Å². The van der Waals surface area contributed by atoms with Crippen LogP contribution in [0.1, 0.15) is 5.69 Å². The van der Waals surface area contributed by atoms with Crippen LogP contribution in [-0.2, 0) is 14.8 Å². The highest BCUT2D eigenvalue weighted by molar-refractivity contribution is 8.13. The Balaban J connectivity index is 2.48. The van der Waals surface area contributed by atoms with Crippen molar-refractivity contribution in [1.82, 2.24) is 14.4 Å². The first-order chi connectivity index (χ1) is 6.94. The molecule has 0 saturated heterocycles. The van der Waals surface area contributed by atoms with Gasteiger partial charge in [-0.15, -0.1) is 0 Å². The number of halogens is 2. The number of hydrogen-bond acceptors (Lipinski definition) is 4. The largest absolute Gasteiger partial charge is 0.302 e. The summed E-state index contributed by atoms with van der Waals surface area (Å²) in [6.07, 6.45) is 4.53. The normalized spacial score (nSPS) is 12.1. The fourth-order valence-corrected chi connectivity index (χ4v) is 2.15. The second-order valence-corrected chi connectivity index (χ2v) is 6.06. The van der Waals surface area contributed by atoms with E-state index in [1.807, 2.05) is 0 Å². The third kappa shape index (κ3) is 2.58. The van der Waals surface area contributed by atoms with Crippen molar-refractivity contribution < 1.29 is 8.42 Å². The van der Waals surface area contributed by atoms with Gasteiger partial charge in [-0.25, -0.2) is 18.4 Å². The Morgan fingerprint density at radius 1 is 1.40 bits per heavy atom. The summed E-state index contributed by atoms with van der Waals surface area (Å²) in [6.45, 7) is 0. The smallest absolute Gasteiger partial charge is 0.238 e. The summed E-state index contributed by atoms with van der Waals surface area (Å²) >= 11 is 5.66. The Hall–Kier alpha value is -0.850. The molecule has 2 aromatic heterocycles. The molecule has 0 unspecified atom stereocenters. The van der Waals surface area contributed by atoms with Crippen LogP contribution in [0.25, 0.3) is 5.65 Å². The third-order valence-electron chi connectivity index (χ3n) is 1.68. The molecule has 2 rings (SSSR count). The maximum atomic E-state index is 10.8. The van der Waals surface area contributed by atoms with Crippen molar-refractivity contribution in [2.24, 2.45) is 0 Å². The van der Waals surface area contributed by atoms with E-state index in [4.69, 9.17) is 22.3 Å². The summed E-state index contributed by atoms with van der Waals surface area (Å²) in [4.78, 5) is 7.83. The molecule has 0 fully saturated rings. The van der Waals surface area contributed by atoms with E-state index in [1.165, 1.54) is 12.4 Å². The third-order valence-corrected chi connectivity index (χ3v) is 2.84. The Kier molecular flexibility index (Phi) is 2.57. The highest BCUT2D eigenvalue weighted by Gasteiger charge is 2.10. The lowest BCUT2D eigenvalue weighted by atomic mass is 10.6. The molecule has 0 amide bonds. The number of fused-ring (bicyclic) bond motifs is 1. The second kappa shape index (κ2) is 3.62. The molecule has 2 heterocycles. The van der Waals surface area contributed by atoms with Crippen molar-refractivity contribution in [1.29, 1.82) is 0 Å². The highest BCUT2D eigenvalue weighted by atomic mass is 35.7. The van der Waals surface area contributed by atoms with Crippen molar-refractivity contribution in [3.63, 3.8) is 0 Å². The van der Waals surface area contributed by atoms with E-state index in [0.717, 1.165) is 0 Å². The van der Waals surface area contributed by atoms with Gasteiger partial charge in [0.1, 0.15) is 10.9 Å². The number of rotatable bonds is 2. The van der Waals surface area contributed by atoms with Gasteiger partial charge in [-0.2, -0.15) is 0 Å². The zero-order valence-electron chi connectivity index (χ0n) is 7.26. The van der Waals surface area contributed by atoms with Crippen LogP contribution < -0.4 is 0 Å². The van der Waals surface area contributed by atoms with Crippen LogP contribution in [0.5, 0.6) is 0 Å². The van der Waals surface area contributed by atoms with Crippen LogP contribution in [-0.4, -0.2) is 22.8 Å². The SMILES string of the molecule is O=S(=O)(Cl)Cc1cn2cc(Cl)ncc2n1. The van der Waals surface area contributed by atoms with Crippen LogP contribution in [0.3, 0.4) is 0 Å². The first-order valence-corrected chi connectivity index (χ1v) is 6.71. The lowest BCUT2D eigenvalue weighted by Crippen LogP contribution is -1.94. The maximum Gasteiger partial charge on any atom is 0.238 e. The molecule has 0 aromatic carbocycles. The number of aromatic nitrogens is 3. The molecule has 2 aromatic rings. The topological polar surface area (TPSA) is 64.3 Å². The van der Waals surface area contributed by atoms with E-state index in [-0.39, 0.29) is 5.75 Å². The maximum absolute atomic E-state index is 10.8. The van der Waals surface area contributed by atoms with Gasteiger partial charge in [-0.05, 0) is 0 Å². The molecule has 0 bridgehead atoms. The van der Waals surface area contributed by atoms with Crippen LogP contribution >= 0.6 is 22.3 Å². The molecule has 0 atom stereocenters. The lowest BCUT2D eigenvalue weighted by Gasteiger charge is -1.90. The molecule has 8 heteroatoms. The molecule has 15 heavy (non-hydrogen) atoms. The summed E-state index contributed by atoms with van der Waals surface area (Å²) < 4.78 is 23.2. The van der Waals surface area contributed by atoms with Crippen LogP contribution in [0, 0.1) is 0 Å². The van der Waals surface area contributed by atoms with Crippen molar-refractivity contribution in [3.8, 4) is 0 Å². The Morgan fingerprint density at radius 2 is 2.13 bits per heavy atom. The molecule has 5 nitrogen and oxygen atoms in total. The van der Waals surface area contributed by atoms with E-state index in [2.05, 4.69) is 9.97 Å². The van der Waals surface area contributed by atoms with Gasteiger partial charge in [0.05, 0.1) is 11.9 Å². The lowest BCUT2D eigenvalue weighted by molar-refractivity contribution is 0.608. The summed E-state index contributed by atoms with van der Waals surface area (Å²) in [5.74, 6) is -0.312. The van der Waals surface area contributed by atoms with Crippen LogP contribution in [0.15, 0.2) is 18.6 Å². The summed E-state index contributed by atoms with van der Waals surface area (Å²) in [5.41, 5.74) is 0.879. The fourth-order valence-electron chi connectivity index (χ4n) is 1.17. The summed E-state index contributed by atoms with van der Waals surface area (Å²) in [5, 5.41) is 0.306. The molecular weight excluding hydrogens is 261 g/mol. The van der Waals surface area contributed by atoms with Gasteiger partial charge in [-0.1, -0.05) is 11.6 Å². The van der Waals surface area contributed by atoms with E-state index >= 15 is 0 Å². The molecule has 80 valence electrons. The fraction of sp³-hybridized carbons (Fsp3) is 0.143. The van der Waals surface area contributed by atoms with E-state index in [9.17, 15) is 8.42 Å². The molecule has 0 aliphatic carbocycles. The zero-order valence-corrected chi connectivity index (χ0v) is 9.59. The van der Waals surface area contributed by atoms with Crippen molar-refractivity contribution in [2.75, 3.05) is 0 Å². The molecule has 0 aliphatic heterocycles. The monoisotopic (exact) mass is 265 g/mol. The second-order valence-electron chi connectivity index (χ2n) is 2.89. The van der Waals surface area contributed by atoms with Crippen LogP contribution in [0.4, 0.5) is 0 Å². The van der Waals surface area contributed by atoms with Gasteiger partial charge in [0.15, 0.2) is 5.65 Å². The predicted molar refractivity (Wildman–Crippen MR) is 56.5 cm³/mol. The van der Waals surface area contributed by atoms with E-state index in [1.54, 1.807) is 10.6 Å². The molecule has 0 N–H and O–H groups in total. The van der Waals surface area contributed by atoms with Gasteiger partial charge in [0.25, 0.3) is 0 Å². The minimum Gasteiger partial charge on any atom is -0.302 e. The summed E-state index contributed by atoms with van der Waals surface area (Å²) in [7, 11) is 1.52. The highest BCUT2D eigenvalue weighted by Crippen LogP contribution is 2.12. The zero-order chi connectivity index (χ0) is 11.1. The Bertz CT molecular complexity index is 608. The molecule has 0 aliphatic rings. The minimum atomic E-state index is -3.59. The minimum absolute atomic E-state index is 0.306. The van der Waals surface area contributed by atoms with Crippen molar-refractivity contribution in [3.05, 3.63) is 29.4 Å². The average Bonchev–Trinajstić information content (AvgIpc) is 2.42. The van der Waals surface area contributed by atoms with Crippen molar-refractivity contribution >= 4 is 37.0 Å². The van der Waals surface area contributed by atoms with Gasteiger partial charge in [0.2, 0.25) is 9.05 Å².